The Hall–Kier alpha value is -2.55. The number of carbonyl (C=O) groups is 2. The zero-order chi connectivity index (χ0) is 12.8. The molecule has 0 aliphatic heterocycles. The van der Waals surface area contributed by atoms with Gasteiger partial charge in [-0.15, -0.1) is 0 Å². The summed E-state index contributed by atoms with van der Waals surface area (Å²) in [4.78, 5) is 22.1. The molecule has 6 heteroatoms. The first kappa shape index (κ1) is 12.5. The minimum Gasteiger partial charge on any atom is -0.497 e. The first-order valence-corrected chi connectivity index (χ1v) is 4.66. The van der Waals surface area contributed by atoms with Crippen molar-refractivity contribution in [2.24, 2.45) is 0 Å². The van der Waals surface area contributed by atoms with Gasteiger partial charge in [0.1, 0.15) is 12.2 Å². The quantitative estimate of drug-likeness (QED) is 0.816. The van der Waals surface area contributed by atoms with Crippen LogP contribution in [0.4, 0.5) is 5.69 Å². The minimum absolute atomic E-state index is 0.0583. The van der Waals surface area contributed by atoms with Crippen LogP contribution in [-0.4, -0.2) is 24.1 Å². The van der Waals surface area contributed by atoms with E-state index < -0.39 is 11.9 Å². The molecule has 2 N–H and O–H groups in total. The standard InChI is InChI=1S/C11H10N2O4/c1-17-7-2-3-8(11(15)16)9(6-7)13-10(14)4-5-12/h2-3,6H,4H2,1H3,(H,13,14)(H,15,16). The number of hydrogen-bond acceptors (Lipinski definition) is 4. The highest BCUT2D eigenvalue weighted by Crippen LogP contribution is 2.22. The number of amides is 1. The number of rotatable bonds is 4. The molecule has 0 spiro atoms. The van der Waals surface area contributed by atoms with Crippen molar-refractivity contribution in [2.75, 3.05) is 12.4 Å². The van der Waals surface area contributed by atoms with Crippen LogP contribution in [0.2, 0.25) is 0 Å². The Labute approximate surface area is 97.4 Å². The Morgan fingerprint density at radius 3 is 2.76 bits per heavy atom. The number of nitriles is 1. The van der Waals surface area contributed by atoms with Gasteiger partial charge in [-0.2, -0.15) is 5.26 Å². The first-order valence-electron chi connectivity index (χ1n) is 4.66. The third-order valence-electron chi connectivity index (χ3n) is 1.97. The molecule has 0 aliphatic rings. The molecule has 1 aromatic carbocycles. The van der Waals surface area contributed by atoms with Crippen molar-refractivity contribution in [2.45, 2.75) is 6.42 Å². The van der Waals surface area contributed by atoms with E-state index in [4.69, 9.17) is 15.1 Å². The number of benzene rings is 1. The van der Waals surface area contributed by atoms with E-state index >= 15 is 0 Å². The maximum absolute atomic E-state index is 11.2. The lowest BCUT2D eigenvalue weighted by atomic mass is 10.1. The van der Waals surface area contributed by atoms with Crippen molar-refractivity contribution in [3.8, 4) is 11.8 Å². The average molecular weight is 234 g/mol. The monoisotopic (exact) mass is 234 g/mol. The smallest absolute Gasteiger partial charge is 0.337 e. The second kappa shape index (κ2) is 5.51. The number of carbonyl (C=O) groups excluding carboxylic acids is 1. The normalized spacial score (nSPS) is 9.18. The fourth-order valence-electron chi connectivity index (χ4n) is 1.21. The Morgan fingerprint density at radius 2 is 2.24 bits per heavy atom. The van der Waals surface area contributed by atoms with Gasteiger partial charge in [-0.05, 0) is 12.1 Å². The predicted octanol–water partition coefficient (Wildman–Crippen LogP) is 1.25. The number of nitrogens with one attached hydrogen (secondary N) is 1. The van der Waals surface area contributed by atoms with Crippen LogP contribution in [0.5, 0.6) is 5.75 Å². The van der Waals surface area contributed by atoms with Gasteiger partial charge in [0.05, 0.1) is 24.4 Å². The van der Waals surface area contributed by atoms with Crippen LogP contribution >= 0.6 is 0 Å². The fourth-order valence-corrected chi connectivity index (χ4v) is 1.21. The number of aromatic carboxylic acids is 1. The molecule has 0 bridgehead atoms. The molecular weight excluding hydrogens is 224 g/mol. The summed E-state index contributed by atoms with van der Waals surface area (Å²) in [7, 11) is 1.43. The molecule has 0 aliphatic carbocycles. The second-order valence-electron chi connectivity index (χ2n) is 3.10. The number of carboxylic acids is 1. The van der Waals surface area contributed by atoms with E-state index in [-0.39, 0.29) is 17.7 Å². The molecule has 17 heavy (non-hydrogen) atoms. The Morgan fingerprint density at radius 1 is 1.53 bits per heavy atom. The molecule has 0 heterocycles. The van der Waals surface area contributed by atoms with Crippen molar-refractivity contribution in [1.82, 2.24) is 0 Å². The van der Waals surface area contributed by atoms with Crippen molar-refractivity contribution >= 4 is 17.6 Å². The molecule has 1 amide bonds. The zero-order valence-electron chi connectivity index (χ0n) is 9.06. The first-order chi connectivity index (χ1) is 8.08. The molecule has 88 valence electrons. The van der Waals surface area contributed by atoms with E-state index in [0.29, 0.717) is 5.75 Å². The zero-order valence-corrected chi connectivity index (χ0v) is 9.06. The summed E-state index contributed by atoms with van der Waals surface area (Å²) in [6.45, 7) is 0. The molecule has 0 fully saturated rings. The van der Waals surface area contributed by atoms with E-state index in [1.807, 2.05) is 0 Å². The van der Waals surface area contributed by atoms with E-state index in [9.17, 15) is 9.59 Å². The van der Waals surface area contributed by atoms with E-state index in [2.05, 4.69) is 5.32 Å². The highest BCUT2D eigenvalue weighted by atomic mass is 16.5. The van der Waals surface area contributed by atoms with E-state index in [1.54, 1.807) is 6.07 Å². The summed E-state index contributed by atoms with van der Waals surface area (Å²) in [6, 6.07) is 5.86. The summed E-state index contributed by atoms with van der Waals surface area (Å²) in [5.41, 5.74) is 0.0502. The molecule has 1 aromatic rings. The van der Waals surface area contributed by atoms with Gasteiger partial charge in [-0.25, -0.2) is 4.79 Å². The highest BCUT2D eigenvalue weighted by molar-refractivity contribution is 6.01. The molecule has 0 radical (unpaired) electrons. The summed E-state index contributed by atoms with van der Waals surface area (Å²) in [6.07, 6.45) is -0.337. The predicted molar refractivity (Wildman–Crippen MR) is 58.8 cm³/mol. The SMILES string of the molecule is COc1ccc(C(=O)O)c(NC(=O)CC#N)c1. The Kier molecular flexibility index (Phi) is 4.06. The largest absolute Gasteiger partial charge is 0.497 e. The Balaban J connectivity index is 3.05. The van der Waals surface area contributed by atoms with Crippen molar-refractivity contribution in [3.05, 3.63) is 23.8 Å². The van der Waals surface area contributed by atoms with Gasteiger partial charge < -0.3 is 15.2 Å². The van der Waals surface area contributed by atoms with Crippen LogP contribution in [0.3, 0.4) is 0 Å². The van der Waals surface area contributed by atoms with Gasteiger partial charge in [0.15, 0.2) is 0 Å². The molecule has 0 saturated carbocycles. The lowest BCUT2D eigenvalue weighted by Crippen LogP contribution is -2.13. The average Bonchev–Trinajstić information content (AvgIpc) is 2.28. The Bertz CT molecular complexity index is 491. The summed E-state index contributed by atoms with van der Waals surface area (Å²) in [5.74, 6) is -1.31. The lowest BCUT2D eigenvalue weighted by Gasteiger charge is -2.09. The van der Waals surface area contributed by atoms with Gasteiger partial charge in [0.2, 0.25) is 5.91 Å². The minimum atomic E-state index is -1.17. The molecule has 0 aromatic heterocycles. The highest BCUT2D eigenvalue weighted by Gasteiger charge is 2.13. The number of nitrogens with zero attached hydrogens (tertiary/aromatic N) is 1. The van der Waals surface area contributed by atoms with E-state index in [0.717, 1.165) is 0 Å². The van der Waals surface area contributed by atoms with E-state index in [1.165, 1.54) is 25.3 Å². The molecule has 6 nitrogen and oxygen atoms in total. The van der Waals surface area contributed by atoms with Crippen LogP contribution < -0.4 is 10.1 Å². The van der Waals surface area contributed by atoms with Crippen LogP contribution in [-0.2, 0) is 4.79 Å². The van der Waals surface area contributed by atoms with Crippen molar-refractivity contribution in [3.63, 3.8) is 0 Å². The number of ether oxygens (including phenoxy) is 1. The van der Waals surface area contributed by atoms with Gasteiger partial charge in [-0.3, -0.25) is 4.79 Å². The van der Waals surface area contributed by atoms with Gasteiger partial charge in [0, 0.05) is 6.07 Å². The van der Waals surface area contributed by atoms with Gasteiger partial charge in [-0.1, -0.05) is 0 Å². The maximum atomic E-state index is 11.2. The summed E-state index contributed by atoms with van der Waals surface area (Å²) < 4.78 is 4.92. The third-order valence-corrected chi connectivity index (χ3v) is 1.97. The molecular formula is C11H10N2O4. The number of hydrogen-bond donors (Lipinski definition) is 2. The maximum Gasteiger partial charge on any atom is 0.337 e. The number of methoxy groups -OCH3 is 1. The van der Waals surface area contributed by atoms with Crippen molar-refractivity contribution < 1.29 is 19.4 Å². The molecule has 0 unspecified atom stereocenters. The van der Waals surface area contributed by atoms with Crippen LogP contribution in [0, 0.1) is 11.3 Å². The van der Waals surface area contributed by atoms with Crippen LogP contribution in [0.15, 0.2) is 18.2 Å². The molecule has 1 rings (SSSR count). The lowest BCUT2D eigenvalue weighted by molar-refractivity contribution is -0.115. The second-order valence-corrected chi connectivity index (χ2v) is 3.10. The number of anilines is 1. The molecule has 0 atom stereocenters. The molecule has 0 saturated heterocycles. The van der Waals surface area contributed by atoms with Crippen molar-refractivity contribution in [1.29, 1.82) is 5.26 Å². The summed E-state index contributed by atoms with van der Waals surface area (Å²) >= 11 is 0. The van der Waals surface area contributed by atoms with Crippen LogP contribution in [0.1, 0.15) is 16.8 Å². The van der Waals surface area contributed by atoms with Gasteiger partial charge in [0.25, 0.3) is 0 Å². The van der Waals surface area contributed by atoms with Crippen LogP contribution in [0.25, 0.3) is 0 Å². The topological polar surface area (TPSA) is 99.4 Å². The fraction of sp³-hybridized carbons (Fsp3) is 0.182. The summed E-state index contributed by atoms with van der Waals surface area (Å²) in [5, 5.41) is 19.6. The van der Waals surface area contributed by atoms with Gasteiger partial charge >= 0.3 is 5.97 Å². The number of carboxylic acid groups (broad SMARTS) is 1. The third kappa shape index (κ3) is 3.21.